The molecule has 4 aliphatic heterocycles. The van der Waals surface area contributed by atoms with Crippen LogP contribution < -0.4 is 11.1 Å². The molecule has 10 nitrogen and oxygen atoms in total. The molecule has 180 valence electrons. The summed E-state index contributed by atoms with van der Waals surface area (Å²) in [6.45, 7) is 0. The van der Waals surface area contributed by atoms with Crippen molar-refractivity contribution in [2.24, 2.45) is 16.6 Å². The van der Waals surface area contributed by atoms with Gasteiger partial charge >= 0.3 is 17.9 Å². The number of carboxylic acids is 3. The largest absolute Gasteiger partial charge is 0.480 e. The Balaban J connectivity index is 1.61. The van der Waals surface area contributed by atoms with Gasteiger partial charge in [0.05, 0.1) is 0 Å². The number of fused-ring (bicyclic) bond motifs is 3. The second-order valence-corrected chi connectivity index (χ2v) is 9.49. The maximum atomic E-state index is 11.6. The first-order valence-electron chi connectivity index (χ1n) is 11.7. The summed E-state index contributed by atoms with van der Waals surface area (Å²) in [5.41, 5.74) is 8.53. The van der Waals surface area contributed by atoms with Crippen molar-refractivity contribution in [1.82, 2.24) is 10.2 Å². The molecule has 0 amide bonds. The van der Waals surface area contributed by atoms with Crippen molar-refractivity contribution in [3.63, 3.8) is 0 Å². The van der Waals surface area contributed by atoms with E-state index in [9.17, 15) is 24.6 Å². The van der Waals surface area contributed by atoms with Gasteiger partial charge in [-0.2, -0.15) is 0 Å². The van der Waals surface area contributed by atoms with Crippen molar-refractivity contribution in [2.75, 3.05) is 0 Å². The van der Waals surface area contributed by atoms with Crippen molar-refractivity contribution in [2.45, 2.75) is 88.0 Å². The molecule has 6 N–H and O–H groups in total. The number of hydrogen-bond acceptors (Lipinski definition) is 7. The van der Waals surface area contributed by atoms with Crippen LogP contribution in [0.15, 0.2) is 28.5 Å². The van der Waals surface area contributed by atoms with Crippen LogP contribution >= 0.6 is 0 Å². The Kier molecular flexibility index (Phi) is 6.85. The van der Waals surface area contributed by atoms with Gasteiger partial charge in [0.2, 0.25) is 0 Å². The molecule has 6 unspecified atom stereocenters. The summed E-state index contributed by atoms with van der Waals surface area (Å²) in [7, 11) is 0. The van der Waals surface area contributed by atoms with E-state index in [1.807, 2.05) is 6.20 Å². The summed E-state index contributed by atoms with van der Waals surface area (Å²) in [6.07, 6.45) is 10.0. The highest BCUT2D eigenvalue weighted by Crippen LogP contribution is 2.40. The summed E-state index contributed by atoms with van der Waals surface area (Å²) < 4.78 is 0. The molecule has 10 heteroatoms. The highest BCUT2D eigenvalue weighted by atomic mass is 16.4. The molecule has 0 radical (unpaired) electrons. The van der Waals surface area contributed by atoms with Crippen molar-refractivity contribution in [3.8, 4) is 0 Å². The minimum Gasteiger partial charge on any atom is -0.480 e. The van der Waals surface area contributed by atoms with Crippen LogP contribution in [0.3, 0.4) is 0 Å². The van der Waals surface area contributed by atoms with Gasteiger partial charge in [0.25, 0.3) is 0 Å². The molecule has 33 heavy (non-hydrogen) atoms. The molecule has 0 aliphatic carbocycles. The number of nitrogens with one attached hydrogen (secondary N) is 1. The maximum Gasteiger partial charge on any atom is 0.328 e. The number of piperidine rings is 1. The number of rotatable bonds is 7. The van der Waals surface area contributed by atoms with Crippen LogP contribution in [0.5, 0.6) is 0 Å². The van der Waals surface area contributed by atoms with Gasteiger partial charge in [0, 0.05) is 36.1 Å². The lowest BCUT2D eigenvalue weighted by Crippen LogP contribution is -2.51. The second kappa shape index (κ2) is 9.64. The fourth-order valence-corrected chi connectivity index (χ4v) is 5.59. The van der Waals surface area contributed by atoms with Gasteiger partial charge in [0.15, 0.2) is 0 Å². The summed E-state index contributed by atoms with van der Waals surface area (Å²) in [4.78, 5) is 41.0. The molecule has 0 aromatic rings. The van der Waals surface area contributed by atoms with Crippen LogP contribution in [-0.4, -0.2) is 74.0 Å². The molecule has 0 spiro atoms. The van der Waals surface area contributed by atoms with E-state index in [0.29, 0.717) is 25.7 Å². The van der Waals surface area contributed by atoms with Crippen LogP contribution in [0, 0.1) is 5.92 Å². The highest BCUT2D eigenvalue weighted by molar-refractivity contribution is 6.04. The maximum absolute atomic E-state index is 11.6. The van der Waals surface area contributed by atoms with Gasteiger partial charge in [-0.15, -0.1) is 0 Å². The summed E-state index contributed by atoms with van der Waals surface area (Å²) in [5.74, 6) is -2.73. The Morgan fingerprint density at radius 2 is 1.88 bits per heavy atom. The number of hydrogen-bond donors (Lipinski definition) is 5. The zero-order valence-electron chi connectivity index (χ0n) is 18.5. The van der Waals surface area contributed by atoms with E-state index in [0.717, 1.165) is 37.0 Å². The number of nitrogens with two attached hydrogens (primary N) is 1. The number of aliphatic carboxylic acids is 3. The third-order valence-corrected chi connectivity index (χ3v) is 7.38. The van der Waals surface area contributed by atoms with Gasteiger partial charge in [-0.05, 0) is 68.9 Å². The highest BCUT2D eigenvalue weighted by Gasteiger charge is 2.41. The molecule has 1 saturated heterocycles. The molecule has 1 fully saturated rings. The van der Waals surface area contributed by atoms with E-state index >= 15 is 0 Å². The third-order valence-electron chi connectivity index (χ3n) is 7.38. The minimum absolute atomic E-state index is 0.0240. The molecule has 6 atom stereocenters. The second-order valence-electron chi connectivity index (χ2n) is 9.49. The van der Waals surface area contributed by atoms with Crippen LogP contribution in [0.25, 0.3) is 0 Å². The number of allylic oxidation sites excluding steroid dienone is 1. The average molecular weight is 461 g/mol. The van der Waals surface area contributed by atoms with Crippen molar-refractivity contribution >= 4 is 23.6 Å². The topological polar surface area (TPSA) is 166 Å². The Hall–Kier alpha value is -2.72. The first-order valence-corrected chi connectivity index (χ1v) is 11.7. The Morgan fingerprint density at radius 3 is 2.58 bits per heavy atom. The van der Waals surface area contributed by atoms with Gasteiger partial charge < -0.3 is 26.0 Å². The summed E-state index contributed by atoms with van der Waals surface area (Å²) >= 11 is 0. The van der Waals surface area contributed by atoms with E-state index in [1.165, 1.54) is 5.57 Å². The van der Waals surface area contributed by atoms with Crippen molar-refractivity contribution in [1.29, 1.82) is 0 Å². The SMILES string of the molecule is NC(CCC1=CN2C=C(C3CCCC(C(=O)O)N3)CCC2C2CCC(C(=O)O)N=C12)C(=O)O. The zero-order valence-corrected chi connectivity index (χ0v) is 18.5. The quantitative estimate of drug-likeness (QED) is 0.377. The number of carbonyl (C=O) groups is 3. The van der Waals surface area contributed by atoms with Gasteiger partial charge in [-0.25, -0.2) is 4.79 Å². The third kappa shape index (κ3) is 4.96. The van der Waals surface area contributed by atoms with Gasteiger partial charge in [-0.1, -0.05) is 0 Å². The standard InChI is InChI=1S/C23H32N4O6/c24-15(21(28)29)7-4-13-11-27-10-12(16-2-1-3-17(25-16)22(30)31)5-9-19(27)14-6-8-18(23(32)33)26-20(13)14/h10-11,14-19,25H,1-9,24H2,(H,28,29)(H,30,31)(H,32,33). The molecule has 4 heterocycles. The molecule has 0 aromatic carbocycles. The Bertz CT molecular complexity index is 913. The molecule has 0 bridgehead atoms. The van der Waals surface area contributed by atoms with E-state index in [2.05, 4.69) is 21.4 Å². The lowest BCUT2D eigenvalue weighted by Gasteiger charge is -2.46. The first kappa shape index (κ1) is 23.4. The van der Waals surface area contributed by atoms with E-state index in [1.54, 1.807) is 0 Å². The Labute approximate surface area is 192 Å². The molecule has 4 rings (SSSR count). The number of carboxylic acid groups (broad SMARTS) is 3. The number of nitrogens with zero attached hydrogens (tertiary/aromatic N) is 2. The van der Waals surface area contributed by atoms with E-state index in [-0.39, 0.29) is 24.4 Å². The van der Waals surface area contributed by atoms with Crippen LogP contribution in [0.1, 0.15) is 57.8 Å². The van der Waals surface area contributed by atoms with Crippen molar-refractivity contribution in [3.05, 3.63) is 23.5 Å². The Morgan fingerprint density at radius 1 is 1.09 bits per heavy atom. The molecule has 0 aromatic heterocycles. The summed E-state index contributed by atoms with van der Waals surface area (Å²) in [5, 5.41) is 31.3. The van der Waals surface area contributed by atoms with Crippen LogP contribution in [-0.2, 0) is 14.4 Å². The monoisotopic (exact) mass is 460 g/mol. The molecule has 4 aliphatic rings. The normalized spacial score (nSPS) is 32.5. The predicted octanol–water partition coefficient (Wildman–Crippen LogP) is 1.32. The zero-order chi connectivity index (χ0) is 23.7. The molecular formula is C23H32N4O6. The average Bonchev–Trinajstić information content (AvgIpc) is 2.81. The van der Waals surface area contributed by atoms with Gasteiger partial charge in [-0.3, -0.25) is 19.9 Å². The van der Waals surface area contributed by atoms with E-state index in [4.69, 9.17) is 10.8 Å². The lowest BCUT2D eigenvalue weighted by molar-refractivity contribution is -0.140. The number of aliphatic imine (C=N–C) groups is 1. The fourth-order valence-electron chi connectivity index (χ4n) is 5.59. The predicted molar refractivity (Wildman–Crippen MR) is 120 cm³/mol. The lowest BCUT2D eigenvalue weighted by atomic mass is 9.75. The van der Waals surface area contributed by atoms with E-state index < -0.39 is 36.0 Å². The summed E-state index contributed by atoms with van der Waals surface area (Å²) in [6, 6.07) is -2.10. The van der Waals surface area contributed by atoms with Crippen molar-refractivity contribution < 1.29 is 29.7 Å². The molecule has 0 saturated carbocycles. The fraction of sp³-hybridized carbons (Fsp3) is 0.652. The van der Waals surface area contributed by atoms with Crippen LogP contribution in [0.2, 0.25) is 0 Å². The van der Waals surface area contributed by atoms with Crippen LogP contribution in [0.4, 0.5) is 0 Å². The first-order chi connectivity index (χ1) is 15.7. The smallest absolute Gasteiger partial charge is 0.328 e. The molecular weight excluding hydrogens is 428 g/mol. The van der Waals surface area contributed by atoms with Gasteiger partial charge in [0.1, 0.15) is 18.1 Å². The minimum atomic E-state index is -1.06.